The number of hydrogen-bond acceptors (Lipinski definition) is 3. The van der Waals surface area contributed by atoms with Gasteiger partial charge in [0.15, 0.2) is 0 Å². The van der Waals surface area contributed by atoms with Crippen LogP contribution in [-0.4, -0.2) is 20.4 Å². The van der Waals surface area contributed by atoms with Crippen LogP contribution in [0.15, 0.2) is 43.0 Å². The van der Waals surface area contributed by atoms with Crippen LogP contribution in [0.4, 0.5) is 0 Å². The van der Waals surface area contributed by atoms with Gasteiger partial charge < -0.3 is 0 Å². The zero-order chi connectivity index (χ0) is 7.78. The van der Waals surface area contributed by atoms with Crippen LogP contribution in [0.1, 0.15) is 0 Å². The third kappa shape index (κ3) is 3.80. The van der Waals surface area contributed by atoms with Gasteiger partial charge in [0.1, 0.15) is 0 Å². The normalized spacial score (nSPS) is 8.00. The van der Waals surface area contributed by atoms with Crippen LogP contribution in [-0.2, 0) is 0 Å². The maximum Gasteiger partial charge on any atom is 0.0496 e. The van der Waals surface area contributed by atoms with Gasteiger partial charge in [-0.25, -0.2) is 0 Å². The highest BCUT2D eigenvalue weighted by atomic mass is 15.1. The third-order valence-electron chi connectivity index (χ3n) is 0.889. The first kappa shape index (κ1) is 7.40. The second-order valence-electron chi connectivity index (χ2n) is 1.68. The van der Waals surface area contributed by atoms with Gasteiger partial charge in [0.2, 0.25) is 0 Å². The molecule has 56 valence electrons. The van der Waals surface area contributed by atoms with E-state index in [1.165, 1.54) is 0 Å². The van der Waals surface area contributed by atoms with E-state index in [9.17, 15) is 0 Å². The van der Waals surface area contributed by atoms with Gasteiger partial charge in [-0.3, -0.25) is 5.10 Å². The quantitative estimate of drug-likeness (QED) is 0.603. The molecule has 2 aromatic rings. The summed E-state index contributed by atoms with van der Waals surface area (Å²) in [4.78, 5) is 0. The Bertz CT molecular complexity index is 196. The van der Waals surface area contributed by atoms with Crippen molar-refractivity contribution in [3.05, 3.63) is 43.0 Å². The van der Waals surface area contributed by atoms with E-state index in [2.05, 4.69) is 20.4 Å². The van der Waals surface area contributed by atoms with E-state index in [1.807, 2.05) is 18.2 Å². The topological polar surface area (TPSA) is 54.5 Å². The van der Waals surface area contributed by atoms with Gasteiger partial charge in [-0.1, -0.05) is 0 Å². The molecule has 4 nitrogen and oxygen atoms in total. The maximum absolute atomic E-state index is 3.60. The zero-order valence-corrected chi connectivity index (χ0v) is 5.88. The minimum atomic E-state index is 1.64. The van der Waals surface area contributed by atoms with Crippen LogP contribution in [0, 0.1) is 0 Å². The summed E-state index contributed by atoms with van der Waals surface area (Å²) >= 11 is 0. The summed E-state index contributed by atoms with van der Waals surface area (Å²) in [5.41, 5.74) is 0. The van der Waals surface area contributed by atoms with E-state index < -0.39 is 0 Å². The average Bonchev–Trinajstić information content (AvgIpc) is 2.64. The van der Waals surface area contributed by atoms with Crippen LogP contribution in [0.3, 0.4) is 0 Å². The average molecular weight is 148 g/mol. The molecule has 0 aliphatic carbocycles. The van der Waals surface area contributed by atoms with E-state index in [4.69, 9.17) is 0 Å². The highest BCUT2D eigenvalue weighted by Gasteiger charge is 1.59. The number of nitrogens with zero attached hydrogens (tertiary/aromatic N) is 3. The molecule has 0 radical (unpaired) electrons. The van der Waals surface area contributed by atoms with Gasteiger partial charge in [-0.15, -0.1) is 0 Å². The van der Waals surface area contributed by atoms with E-state index in [0.717, 1.165) is 0 Å². The Morgan fingerprint density at radius 3 is 1.73 bits per heavy atom. The number of rotatable bonds is 0. The molecule has 2 heterocycles. The molecule has 0 unspecified atom stereocenters. The van der Waals surface area contributed by atoms with Gasteiger partial charge in [0.25, 0.3) is 0 Å². The van der Waals surface area contributed by atoms with Crippen LogP contribution in [0.5, 0.6) is 0 Å². The first-order chi connectivity index (χ1) is 5.50. The lowest BCUT2D eigenvalue weighted by molar-refractivity contribution is 1.03. The molecule has 0 amide bonds. The van der Waals surface area contributed by atoms with Crippen molar-refractivity contribution in [2.75, 3.05) is 0 Å². The summed E-state index contributed by atoms with van der Waals surface area (Å²) < 4.78 is 0. The molecule has 0 bridgehead atoms. The Labute approximate surface area is 64.3 Å². The number of aromatic amines is 1. The number of hydrogen-bond donors (Lipinski definition) is 1. The molecule has 2 aromatic heterocycles. The second-order valence-corrected chi connectivity index (χ2v) is 1.68. The van der Waals surface area contributed by atoms with Crippen LogP contribution >= 0.6 is 0 Å². The lowest BCUT2D eigenvalue weighted by Gasteiger charge is -1.69. The Balaban J connectivity index is 0.000000112. The van der Waals surface area contributed by atoms with Gasteiger partial charge >= 0.3 is 0 Å². The molecule has 11 heavy (non-hydrogen) atoms. The number of H-pyrrole nitrogens is 1. The molecule has 0 atom stereocenters. The van der Waals surface area contributed by atoms with Gasteiger partial charge in [0.05, 0.1) is 0 Å². The lowest BCUT2D eigenvalue weighted by Crippen LogP contribution is -1.69. The van der Waals surface area contributed by atoms with E-state index in [1.54, 1.807) is 24.8 Å². The van der Waals surface area contributed by atoms with Crippen molar-refractivity contribution >= 4 is 0 Å². The van der Waals surface area contributed by atoms with Crippen molar-refractivity contribution in [1.82, 2.24) is 20.4 Å². The fourth-order valence-corrected chi connectivity index (χ4v) is 0.469. The predicted molar refractivity (Wildman–Crippen MR) is 40.6 cm³/mol. The molecule has 0 fully saturated rings. The molecule has 1 N–H and O–H groups in total. The molecule has 0 aliphatic heterocycles. The third-order valence-corrected chi connectivity index (χ3v) is 0.889. The van der Waals surface area contributed by atoms with E-state index in [-0.39, 0.29) is 0 Å². The van der Waals surface area contributed by atoms with Crippen molar-refractivity contribution in [3.8, 4) is 0 Å². The van der Waals surface area contributed by atoms with Crippen molar-refractivity contribution in [2.45, 2.75) is 0 Å². The standard InChI is InChI=1S/C4H4N2.C3H4N2/c1-2-4-6-5-3-1;1-2-4-5-3-1/h1-4H;1-3H,(H,4,5). The number of aromatic nitrogens is 4. The molecular formula is C7H8N4. The minimum Gasteiger partial charge on any atom is -0.286 e. The maximum atomic E-state index is 3.60. The minimum absolute atomic E-state index is 1.64. The monoisotopic (exact) mass is 148 g/mol. The molecule has 0 saturated heterocycles. The van der Waals surface area contributed by atoms with Crippen LogP contribution < -0.4 is 0 Å². The SMILES string of the molecule is c1ccnnc1.c1cn[nH]c1. The van der Waals surface area contributed by atoms with Gasteiger partial charge in [-0.2, -0.15) is 15.3 Å². The molecule has 2 rings (SSSR count). The first-order valence-corrected chi connectivity index (χ1v) is 3.15. The summed E-state index contributed by atoms with van der Waals surface area (Å²) in [5, 5.41) is 13.3. The molecule has 4 heteroatoms. The fourth-order valence-electron chi connectivity index (χ4n) is 0.469. The molecular weight excluding hydrogens is 140 g/mol. The predicted octanol–water partition coefficient (Wildman–Crippen LogP) is 0.886. The molecule has 0 saturated carbocycles. The number of nitrogens with one attached hydrogen (secondary N) is 1. The summed E-state index contributed by atoms with van der Waals surface area (Å²) in [7, 11) is 0. The molecule has 0 spiro atoms. The Morgan fingerprint density at radius 2 is 1.55 bits per heavy atom. The lowest BCUT2D eigenvalue weighted by atomic mass is 10.6. The van der Waals surface area contributed by atoms with E-state index in [0.29, 0.717) is 0 Å². The zero-order valence-electron chi connectivity index (χ0n) is 5.88. The summed E-state index contributed by atoms with van der Waals surface area (Å²) in [6, 6.07) is 5.49. The Hall–Kier alpha value is -1.71. The highest BCUT2D eigenvalue weighted by molar-refractivity contribution is 4.79. The van der Waals surface area contributed by atoms with Gasteiger partial charge in [0, 0.05) is 24.8 Å². The second kappa shape index (κ2) is 5.10. The fraction of sp³-hybridized carbons (Fsp3) is 0. The van der Waals surface area contributed by atoms with Crippen LogP contribution in [0.2, 0.25) is 0 Å². The summed E-state index contributed by atoms with van der Waals surface area (Å²) in [6.45, 7) is 0. The molecule has 0 aromatic carbocycles. The Kier molecular flexibility index (Phi) is 3.43. The van der Waals surface area contributed by atoms with Gasteiger partial charge in [-0.05, 0) is 18.2 Å². The highest BCUT2D eigenvalue weighted by Crippen LogP contribution is 1.68. The summed E-state index contributed by atoms with van der Waals surface area (Å²) in [6.07, 6.45) is 6.74. The van der Waals surface area contributed by atoms with Crippen molar-refractivity contribution < 1.29 is 0 Å². The van der Waals surface area contributed by atoms with Crippen molar-refractivity contribution in [3.63, 3.8) is 0 Å². The van der Waals surface area contributed by atoms with Crippen LogP contribution in [0.25, 0.3) is 0 Å². The van der Waals surface area contributed by atoms with Crippen molar-refractivity contribution in [2.24, 2.45) is 0 Å². The Morgan fingerprint density at radius 1 is 0.818 bits per heavy atom. The molecule has 0 aliphatic rings. The van der Waals surface area contributed by atoms with E-state index >= 15 is 0 Å². The summed E-state index contributed by atoms with van der Waals surface area (Å²) in [5.74, 6) is 0. The largest absolute Gasteiger partial charge is 0.286 e. The van der Waals surface area contributed by atoms with Crippen molar-refractivity contribution in [1.29, 1.82) is 0 Å². The smallest absolute Gasteiger partial charge is 0.0496 e. The first-order valence-electron chi connectivity index (χ1n) is 3.15.